The Morgan fingerprint density at radius 2 is 2.08 bits per heavy atom. The van der Waals surface area contributed by atoms with E-state index in [4.69, 9.17) is 0 Å². The molecule has 0 aliphatic rings. The van der Waals surface area contributed by atoms with Gasteiger partial charge in [-0.3, -0.25) is 4.79 Å². The van der Waals surface area contributed by atoms with Gasteiger partial charge in [-0.1, -0.05) is 30.2 Å². The Morgan fingerprint density at radius 3 is 2.75 bits per heavy atom. The number of hydrogen-bond donors (Lipinski definition) is 2. The first-order chi connectivity index (χ1) is 11.4. The van der Waals surface area contributed by atoms with Gasteiger partial charge in [0.2, 0.25) is 5.91 Å². The summed E-state index contributed by atoms with van der Waals surface area (Å²) in [6, 6.07) is 5.85. The molecule has 3 aromatic rings. The number of hydrogen-bond acceptors (Lipinski definition) is 5. The number of aromatic nitrogens is 4. The second-order valence-corrected chi connectivity index (χ2v) is 6.40. The lowest BCUT2D eigenvalue weighted by Crippen LogP contribution is -2.33. The molecule has 2 heterocycles. The van der Waals surface area contributed by atoms with Crippen molar-refractivity contribution in [3.8, 4) is 0 Å². The van der Waals surface area contributed by atoms with Gasteiger partial charge < -0.3 is 10.3 Å². The molecule has 2 N–H and O–H groups in total. The van der Waals surface area contributed by atoms with Gasteiger partial charge in [0.25, 0.3) is 0 Å². The Labute approximate surface area is 139 Å². The average molecular weight is 327 g/mol. The number of nitrogens with zero attached hydrogens (tertiary/aromatic N) is 3. The molecule has 7 nitrogen and oxygen atoms in total. The molecule has 126 valence electrons. The highest BCUT2D eigenvalue weighted by molar-refractivity contribution is 5.79. The van der Waals surface area contributed by atoms with Gasteiger partial charge in [-0.25, -0.2) is 9.61 Å². The highest BCUT2D eigenvalue weighted by Gasteiger charge is 2.23. The maximum atomic E-state index is 12.4. The zero-order chi connectivity index (χ0) is 17.3. The van der Waals surface area contributed by atoms with Crippen molar-refractivity contribution < 1.29 is 9.42 Å². The van der Waals surface area contributed by atoms with E-state index in [1.165, 1.54) is 0 Å². The van der Waals surface area contributed by atoms with E-state index in [2.05, 4.69) is 36.3 Å². The summed E-state index contributed by atoms with van der Waals surface area (Å²) in [6.07, 6.45) is 0.137. The SMILES string of the molecule is Cc1ccc2nc([C@@H](NC(=O)Cc3nonc3C)C(C)C)[nH]c2c1. The van der Waals surface area contributed by atoms with Crippen LogP contribution in [-0.4, -0.2) is 26.2 Å². The van der Waals surface area contributed by atoms with Crippen molar-refractivity contribution in [2.24, 2.45) is 5.92 Å². The zero-order valence-electron chi connectivity index (χ0n) is 14.3. The average Bonchev–Trinajstić information content (AvgIpc) is 3.10. The number of imidazole rings is 1. The van der Waals surface area contributed by atoms with Crippen LogP contribution in [0.15, 0.2) is 22.8 Å². The van der Waals surface area contributed by atoms with E-state index in [-0.39, 0.29) is 24.3 Å². The van der Waals surface area contributed by atoms with Crippen molar-refractivity contribution in [3.63, 3.8) is 0 Å². The quantitative estimate of drug-likeness (QED) is 0.751. The summed E-state index contributed by atoms with van der Waals surface area (Å²) < 4.78 is 4.64. The molecule has 0 aliphatic heterocycles. The summed E-state index contributed by atoms with van der Waals surface area (Å²) in [7, 11) is 0. The summed E-state index contributed by atoms with van der Waals surface area (Å²) in [5.41, 5.74) is 4.21. The van der Waals surface area contributed by atoms with Crippen molar-refractivity contribution in [1.82, 2.24) is 25.6 Å². The van der Waals surface area contributed by atoms with Gasteiger partial charge in [0.05, 0.1) is 23.5 Å². The topological polar surface area (TPSA) is 96.7 Å². The van der Waals surface area contributed by atoms with Gasteiger partial charge in [-0.2, -0.15) is 0 Å². The van der Waals surface area contributed by atoms with Crippen LogP contribution in [0.25, 0.3) is 11.0 Å². The molecule has 2 aromatic heterocycles. The lowest BCUT2D eigenvalue weighted by atomic mass is 10.0. The third-order valence-electron chi connectivity index (χ3n) is 4.01. The molecule has 0 unspecified atom stereocenters. The third-order valence-corrected chi connectivity index (χ3v) is 4.01. The van der Waals surface area contributed by atoms with Crippen molar-refractivity contribution in [1.29, 1.82) is 0 Å². The number of aromatic amines is 1. The Morgan fingerprint density at radius 1 is 1.29 bits per heavy atom. The first-order valence-corrected chi connectivity index (χ1v) is 7.97. The largest absolute Gasteiger partial charge is 0.346 e. The van der Waals surface area contributed by atoms with E-state index < -0.39 is 0 Å². The zero-order valence-corrected chi connectivity index (χ0v) is 14.3. The fourth-order valence-electron chi connectivity index (χ4n) is 2.63. The molecule has 0 aliphatic carbocycles. The molecular formula is C17H21N5O2. The van der Waals surface area contributed by atoms with E-state index >= 15 is 0 Å². The van der Waals surface area contributed by atoms with Gasteiger partial charge in [0.15, 0.2) is 0 Å². The van der Waals surface area contributed by atoms with Gasteiger partial charge >= 0.3 is 0 Å². The Bertz CT molecular complexity index is 865. The summed E-state index contributed by atoms with van der Waals surface area (Å²) in [5, 5.41) is 10.5. The molecule has 7 heteroatoms. The molecular weight excluding hydrogens is 306 g/mol. The Balaban J connectivity index is 1.80. The van der Waals surface area contributed by atoms with Crippen molar-refractivity contribution in [3.05, 3.63) is 41.0 Å². The van der Waals surface area contributed by atoms with E-state index in [1.54, 1.807) is 6.92 Å². The summed E-state index contributed by atoms with van der Waals surface area (Å²) in [4.78, 5) is 20.3. The van der Waals surface area contributed by atoms with E-state index in [0.717, 1.165) is 22.4 Å². The number of nitrogens with one attached hydrogen (secondary N) is 2. The molecule has 0 saturated carbocycles. The second kappa shape index (κ2) is 6.43. The van der Waals surface area contributed by atoms with Crippen LogP contribution in [0, 0.1) is 19.8 Å². The minimum atomic E-state index is -0.203. The van der Waals surface area contributed by atoms with E-state index in [0.29, 0.717) is 11.4 Å². The molecule has 1 aromatic carbocycles. The number of benzene rings is 1. The number of H-pyrrole nitrogens is 1. The highest BCUT2D eigenvalue weighted by atomic mass is 16.6. The fourth-order valence-corrected chi connectivity index (χ4v) is 2.63. The molecule has 0 spiro atoms. The molecule has 1 atom stereocenters. The van der Waals surface area contributed by atoms with Crippen LogP contribution in [0.4, 0.5) is 0 Å². The standard InChI is InChI=1S/C17H21N5O2/c1-9(2)16(20-15(23)8-13-11(4)21-24-22-13)17-18-12-6-5-10(3)7-14(12)19-17/h5-7,9,16H,8H2,1-4H3,(H,18,19)(H,20,23)/t16-/m0/s1. The number of carbonyl (C=O) groups excluding carboxylic acids is 1. The molecule has 1 amide bonds. The second-order valence-electron chi connectivity index (χ2n) is 6.40. The smallest absolute Gasteiger partial charge is 0.226 e. The summed E-state index contributed by atoms with van der Waals surface area (Å²) >= 11 is 0. The van der Waals surface area contributed by atoms with E-state index in [1.807, 2.05) is 32.9 Å². The van der Waals surface area contributed by atoms with Gasteiger partial charge in [-0.15, -0.1) is 0 Å². The number of carbonyl (C=O) groups is 1. The number of aryl methyl sites for hydroxylation is 2. The Hall–Kier alpha value is -2.70. The fraction of sp³-hybridized carbons (Fsp3) is 0.412. The molecule has 0 fully saturated rings. The van der Waals surface area contributed by atoms with Crippen molar-refractivity contribution in [2.75, 3.05) is 0 Å². The van der Waals surface area contributed by atoms with Crippen LogP contribution in [0.2, 0.25) is 0 Å². The molecule has 0 saturated heterocycles. The molecule has 24 heavy (non-hydrogen) atoms. The van der Waals surface area contributed by atoms with Crippen LogP contribution in [0.5, 0.6) is 0 Å². The van der Waals surface area contributed by atoms with Crippen LogP contribution < -0.4 is 5.32 Å². The van der Waals surface area contributed by atoms with Crippen molar-refractivity contribution in [2.45, 2.75) is 40.2 Å². The van der Waals surface area contributed by atoms with Gasteiger partial charge in [0.1, 0.15) is 17.2 Å². The van der Waals surface area contributed by atoms with Gasteiger partial charge in [0, 0.05) is 0 Å². The number of fused-ring (bicyclic) bond motifs is 1. The predicted octanol–water partition coefficient (Wildman–Crippen LogP) is 2.62. The monoisotopic (exact) mass is 327 g/mol. The minimum Gasteiger partial charge on any atom is -0.346 e. The van der Waals surface area contributed by atoms with Crippen LogP contribution >= 0.6 is 0 Å². The Kier molecular flexibility index (Phi) is 4.33. The summed E-state index contributed by atoms with van der Waals surface area (Å²) in [5.74, 6) is 0.810. The lowest BCUT2D eigenvalue weighted by Gasteiger charge is -2.20. The maximum Gasteiger partial charge on any atom is 0.226 e. The number of amides is 1. The first-order valence-electron chi connectivity index (χ1n) is 7.97. The predicted molar refractivity (Wildman–Crippen MR) is 89.3 cm³/mol. The molecule has 0 bridgehead atoms. The maximum absolute atomic E-state index is 12.4. The number of rotatable bonds is 5. The van der Waals surface area contributed by atoms with Crippen LogP contribution in [0.3, 0.4) is 0 Å². The lowest BCUT2D eigenvalue weighted by molar-refractivity contribution is -0.121. The van der Waals surface area contributed by atoms with Gasteiger partial charge in [-0.05, 0) is 37.5 Å². The minimum absolute atomic E-state index is 0.135. The van der Waals surface area contributed by atoms with Crippen molar-refractivity contribution >= 4 is 16.9 Å². The van der Waals surface area contributed by atoms with E-state index in [9.17, 15) is 4.79 Å². The highest BCUT2D eigenvalue weighted by Crippen LogP contribution is 2.23. The normalized spacial score (nSPS) is 12.7. The van der Waals surface area contributed by atoms with Crippen LogP contribution in [0.1, 0.15) is 42.7 Å². The third kappa shape index (κ3) is 3.29. The van der Waals surface area contributed by atoms with Crippen LogP contribution in [-0.2, 0) is 11.2 Å². The first kappa shape index (κ1) is 16.2. The molecule has 0 radical (unpaired) electrons. The molecule has 3 rings (SSSR count). The summed E-state index contributed by atoms with van der Waals surface area (Å²) in [6.45, 7) is 7.90.